The molecule has 96 valence electrons. The minimum absolute atomic E-state index is 0.116. The van der Waals surface area contributed by atoms with Gasteiger partial charge in [-0.05, 0) is 38.0 Å². The van der Waals surface area contributed by atoms with Crippen LogP contribution in [0.15, 0.2) is 23.0 Å². The van der Waals surface area contributed by atoms with Gasteiger partial charge in [0.25, 0.3) is 0 Å². The van der Waals surface area contributed by atoms with E-state index in [1.54, 1.807) is 0 Å². The molecule has 0 aliphatic heterocycles. The topological polar surface area (TPSA) is 42.1 Å². The lowest BCUT2D eigenvalue weighted by molar-refractivity contribution is 0.318. The largest absolute Gasteiger partial charge is 0.494 e. The van der Waals surface area contributed by atoms with Crippen molar-refractivity contribution in [2.75, 3.05) is 6.61 Å². The molecule has 0 saturated heterocycles. The average Bonchev–Trinajstić information content (AvgIpc) is 2.37. The van der Waals surface area contributed by atoms with Gasteiger partial charge in [-0.25, -0.2) is 0 Å². The number of aromatic amines is 1. The predicted octanol–water partition coefficient (Wildman–Crippen LogP) is 3.19. The van der Waals surface area contributed by atoms with Crippen molar-refractivity contribution in [3.8, 4) is 5.75 Å². The summed E-state index contributed by atoms with van der Waals surface area (Å²) in [6.45, 7) is 6.68. The maximum atomic E-state index is 12.3. The number of rotatable bonds is 4. The second kappa shape index (κ2) is 5.25. The Labute approximate surface area is 107 Å². The van der Waals surface area contributed by atoms with Crippen LogP contribution >= 0.6 is 0 Å². The number of H-pyrrole nitrogens is 1. The van der Waals surface area contributed by atoms with Gasteiger partial charge in [0.05, 0.1) is 6.61 Å². The molecule has 0 fully saturated rings. The van der Waals surface area contributed by atoms with Gasteiger partial charge >= 0.3 is 0 Å². The number of nitrogens with one attached hydrogen (secondary N) is 1. The molecule has 0 radical (unpaired) electrons. The van der Waals surface area contributed by atoms with Crippen molar-refractivity contribution in [1.29, 1.82) is 0 Å². The molecule has 1 aromatic carbocycles. The van der Waals surface area contributed by atoms with Crippen LogP contribution in [0.3, 0.4) is 0 Å². The lowest BCUT2D eigenvalue weighted by Gasteiger charge is -2.08. The Bertz CT molecular complexity index is 614. The van der Waals surface area contributed by atoms with E-state index in [0.717, 1.165) is 35.4 Å². The number of ether oxygens (including phenoxy) is 1. The highest BCUT2D eigenvalue weighted by atomic mass is 16.5. The first kappa shape index (κ1) is 12.7. The first-order chi connectivity index (χ1) is 8.67. The highest BCUT2D eigenvalue weighted by Crippen LogP contribution is 2.18. The van der Waals surface area contributed by atoms with Crippen LogP contribution in [0, 0.1) is 6.92 Å². The van der Waals surface area contributed by atoms with Crippen molar-refractivity contribution in [2.45, 2.75) is 33.6 Å². The number of pyridine rings is 1. The fraction of sp³-hybridized carbons (Fsp3) is 0.400. The minimum Gasteiger partial charge on any atom is -0.494 e. The van der Waals surface area contributed by atoms with Crippen LogP contribution in [0.4, 0.5) is 0 Å². The van der Waals surface area contributed by atoms with Gasteiger partial charge in [0.1, 0.15) is 5.75 Å². The quantitative estimate of drug-likeness (QED) is 0.898. The summed E-state index contributed by atoms with van der Waals surface area (Å²) in [5.41, 5.74) is 2.80. The first-order valence-corrected chi connectivity index (χ1v) is 6.45. The molecule has 0 unspecified atom stereocenters. The van der Waals surface area contributed by atoms with E-state index in [2.05, 4.69) is 11.9 Å². The molecule has 0 aliphatic rings. The van der Waals surface area contributed by atoms with Crippen molar-refractivity contribution in [2.24, 2.45) is 0 Å². The van der Waals surface area contributed by atoms with Gasteiger partial charge < -0.3 is 9.72 Å². The zero-order valence-electron chi connectivity index (χ0n) is 11.2. The maximum absolute atomic E-state index is 12.3. The van der Waals surface area contributed by atoms with E-state index < -0.39 is 0 Å². The number of aromatic nitrogens is 1. The van der Waals surface area contributed by atoms with E-state index >= 15 is 0 Å². The fourth-order valence-electron chi connectivity index (χ4n) is 2.17. The molecular weight excluding hydrogens is 226 g/mol. The molecule has 18 heavy (non-hydrogen) atoms. The summed E-state index contributed by atoms with van der Waals surface area (Å²) in [6, 6.07) is 5.65. The first-order valence-electron chi connectivity index (χ1n) is 6.45. The van der Waals surface area contributed by atoms with Crippen molar-refractivity contribution in [3.05, 3.63) is 39.7 Å². The Kier molecular flexibility index (Phi) is 3.70. The summed E-state index contributed by atoms with van der Waals surface area (Å²) in [5.74, 6) is 0.765. The number of hydrogen-bond acceptors (Lipinski definition) is 2. The molecule has 1 N–H and O–H groups in total. The van der Waals surface area contributed by atoms with Crippen LogP contribution in [0.1, 0.15) is 31.5 Å². The second-order valence-electron chi connectivity index (χ2n) is 4.47. The standard InChI is InChI=1S/C15H19NO2/c1-4-8-18-11-6-7-14-13(9-11)15(17)12(5-2)10(3)16-14/h6-7,9H,4-5,8H2,1-3H3,(H,16,17). The van der Waals surface area contributed by atoms with E-state index in [0.29, 0.717) is 12.0 Å². The summed E-state index contributed by atoms with van der Waals surface area (Å²) in [5, 5.41) is 0.714. The van der Waals surface area contributed by atoms with Gasteiger partial charge in [-0.2, -0.15) is 0 Å². The zero-order chi connectivity index (χ0) is 13.1. The van der Waals surface area contributed by atoms with Crippen LogP contribution in [0.2, 0.25) is 0 Å². The van der Waals surface area contributed by atoms with Crippen LogP contribution in [-0.4, -0.2) is 11.6 Å². The summed E-state index contributed by atoms with van der Waals surface area (Å²) in [6.07, 6.45) is 1.71. The average molecular weight is 245 g/mol. The lowest BCUT2D eigenvalue weighted by Crippen LogP contribution is -2.12. The molecule has 0 spiro atoms. The highest BCUT2D eigenvalue weighted by Gasteiger charge is 2.08. The Morgan fingerprint density at radius 3 is 2.72 bits per heavy atom. The van der Waals surface area contributed by atoms with Gasteiger partial charge in [-0.3, -0.25) is 4.79 Å². The van der Waals surface area contributed by atoms with Crippen LogP contribution < -0.4 is 10.2 Å². The van der Waals surface area contributed by atoms with Gasteiger partial charge in [0, 0.05) is 22.2 Å². The molecular formula is C15H19NO2. The SMILES string of the molecule is CCCOc1ccc2[nH]c(C)c(CC)c(=O)c2c1. The van der Waals surface area contributed by atoms with E-state index in [4.69, 9.17) is 4.74 Å². The highest BCUT2D eigenvalue weighted by molar-refractivity contribution is 5.81. The Morgan fingerprint density at radius 1 is 1.28 bits per heavy atom. The molecule has 1 heterocycles. The molecule has 2 rings (SSSR count). The molecule has 3 heteroatoms. The van der Waals surface area contributed by atoms with Gasteiger partial charge in [0.15, 0.2) is 5.43 Å². The van der Waals surface area contributed by atoms with Gasteiger partial charge in [-0.15, -0.1) is 0 Å². The fourth-order valence-corrected chi connectivity index (χ4v) is 2.17. The van der Waals surface area contributed by atoms with Crippen molar-refractivity contribution >= 4 is 10.9 Å². The maximum Gasteiger partial charge on any atom is 0.192 e. The minimum atomic E-state index is 0.116. The smallest absolute Gasteiger partial charge is 0.192 e. The summed E-state index contributed by atoms with van der Waals surface area (Å²) < 4.78 is 5.57. The van der Waals surface area contributed by atoms with Crippen molar-refractivity contribution in [3.63, 3.8) is 0 Å². The Balaban J connectivity index is 2.58. The van der Waals surface area contributed by atoms with Crippen LogP contribution in [0.5, 0.6) is 5.75 Å². The molecule has 0 bridgehead atoms. The molecule has 3 nitrogen and oxygen atoms in total. The van der Waals surface area contributed by atoms with Gasteiger partial charge in [0.2, 0.25) is 0 Å². The molecule has 2 aromatic rings. The predicted molar refractivity (Wildman–Crippen MR) is 74.5 cm³/mol. The van der Waals surface area contributed by atoms with E-state index in [9.17, 15) is 4.79 Å². The number of aryl methyl sites for hydroxylation is 1. The molecule has 0 aliphatic carbocycles. The monoisotopic (exact) mass is 245 g/mol. The van der Waals surface area contributed by atoms with Crippen LogP contribution in [-0.2, 0) is 6.42 Å². The normalized spacial score (nSPS) is 10.8. The third-order valence-electron chi connectivity index (χ3n) is 3.11. The van der Waals surface area contributed by atoms with E-state index in [-0.39, 0.29) is 5.43 Å². The third kappa shape index (κ3) is 2.26. The van der Waals surface area contributed by atoms with Gasteiger partial charge in [-0.1, -0.05) is 13.8 Å². The summed E-state index contributed by atoms with van der Waals surface area (Å²) >= 11 is 0. The Hall–Kier alpha value is -1.77. The molecule has 1 aromatic heterocycles. The lowest BCUT2D eigenvalue weighted by atomic mass is 10.1. The second-order valence-corrected chi connectivity index (χ2v) is 4.47. The van der Waals surface area contributed by atoms with Crippen LogP contribution in [0.25, 0.3) is 10.9 Å². The number of benzene rings is 1. The number of fused-ring (bicyclic) bond motifs is 1. The summed E-state index contributed by atoms with van der Waals surface area (Å²) in [4.78, 5) is 15.6. The van der Waals surface area contributed by atoms with Crippen molar-refractivity contribution in [1.82, 2.24) is 4.98 Å². The van der Waals surface area contributed by atoms with E-state index in [1.807, 2.05) is 32.0 Å². The third-order valence-corrected chi connectivity index (χ3v) is 3.11. The van der Waals surface area contributed by atoms with Crippen molar-refractivity contribution < 1.29 is 4.74 Å². The molecule has 0 atom stereocenters. The number of hydrogen-bond donors (Lipinski definition) is 1. The molecule has 0 saturated carbocycles. The molecule has 0 amide bonds. The summed E-state index contributed by atoms with van der Waals surface area (Å²) in [7, 11) is 0. The van der Waals surface area contributed by atoms with E-state index in [1.165, 1.54) is 0 Å². The Morgan fingerprint density at radius 2 is 2.06 bits per heavy atom. The zero-order valence-corrected chi connectivity index (χ0v) is 11.2.